The first kappa shape index (κ1) is 21.2. The predicted molar refractivity (Wildman–Crippen MR) is 115 cm³/mol. The number of thiocarbonyl (C=S) groups is 1. The van der Waals surface area contributed by atoms with E-state index in [4.69, 9.17) is 12.2 Å². The van der Waals surface area contributed by atoms with E-state index >= 15 is 0 Å². The third-order valence-corrected chi connectivity index (χ3v) is 5.77. The summed E-state index contributed by atoms with van der Waals surface area (Å²) < 4.78 is 14.2. The van der Waals surface area contributed by atoms with Crippen LogP contribution in [0.2, 0.25) is 0 Å². The first-order valence-electron chi connectivity index (χ1n) is 9.15. The van der Waals surface area contributed by atoms with Crippen LogP contribution in [-0.4, -0.2) is 43.6 Å². The van der Waals surface area contributed by atoms with Crippen molar-refractivity contribution in [3.8, 4) is 0 Å². The summed E-state index contributed by atoms with van der Waals surface area (Å²) in [6.45, 7) is 4.13. The minimum atomic E-state index is -0.740. The maximum Gasteiger partial charge on any atom is 0.266 e. The summed E-state index contributed by atoms with van der Waals surface area (Å²) in [5.74, 6) is -1.24. The normalized spacial score (nSPS) is 16.7. The average molecular weight is 433 g/mol. The zero-order chi connectivity index (χ0) is 21.0. The lowest BCUT2D eigenvalue weighted by atomic mass is 10.0. The van der Waals surface area contributed by atoms with Crippen molar-refractivity contribution in [2.45, 2.75) is 26.3 Å². The van der Waals surface area contributed by atoms with E-state index in [9.17, 15) is 14.0 Å². The van der Waals surface area contributed by atoms with Crippen LogP contribution in [0.4, 0.5) is 4.39 Å². The van der Waals surface area contributed by atoms with E-state index in [0.717, 1.165) is 17.5 Å². The Kier molecular flexibility index (Phi) is 6.81. The van der Waals surface area contributed by atoms with Crippen LogP contribution in [0, 0.1) is 11.7 Å². The van der Waals surface area contributed by atoms with E-state index in [1.54, 1.807) is 30.7 Å². The fourth-order valence-corrected chi connectivity index (χ4v) is 4.34. The number of aromatic nitrogens is 2. The third kappa shape index (κ3) is 4.91. The molecule has 9 heteroatoms. The summed E-state index contributed by atoms with van der Waals surface area (Å²) in [5, 5.41) is 2.87. The second kappa shape index (κ2) is 9.32. The molecule has 1 aliphatic heterocycles. The lowest BCUT2D eigenvalue weighted by molar-refractivity contribution is -0.134. The number of H-pyrrole nitrogens is 1. The van der Waals surface area contributed by atoms with Gasteiger partial charge < -0.3 is 10.3 Å². The van der Waals surface area contributed by atoms with E-state index < -0.39 is 11.9 Å². The van der Waals surface area contributed by atoms with Gasteiger partial charge >= 0.3 is 0 Å². The summed E-state index contributed by atoms with van der Waals surface area (Å²) in [5.41, 5.74) is 1.21. The van der Waals surface area contributed by atoms with Gasteiger partial charge in [-0.25, -0.2) is 9.37 Å². The van der Waals surface area contributed by atoms with Gasteiger partial charge in [-0.3, -0.25) is 14.5 Å². The zero-order valence-electron chi connectivity index (χ0n) is 16.0. The Morgan fingerprint density at radius 1 is 1.41 bits per heavy atom. The summed E-state index contributed by atoms with van der Waals surface area (Å²) in [7, 11) is 0. The van der Waals surface area contributed by atoms with Gasteiger partial charge in [0.1, 0.15) is 16.2 Å². The van der Waals surface area contributed by atoms with E-state index in [1.165, 1.54) is 17.0 Å². The monoisotopic (exact) mass is 432 g/mol. The molecule has 2 aromatic rings. The van der Waals surface area contributed by atoms with Gasteiger partial charge in [-0.05, 0) is 18.1 Å². The molecule has 0 bridgehead atoms. The fourth-order valence-electron chi connectivity index (χ4n) is 3.02. The SMILES string of the molecule is CC(C)C(C(=O)NCCc1cnc[nH]1)N1C(=O)C(=Cc2ccccc2F)SC1=S. The molecule has 2 heterocycles. The highest BCUT2D eigenvalue weighted by Gasteiger charge is 2.41. The molecule has 1 aromatic heterocycles. The van der Waals surface area contributed by atoms with Crippen molar-refractivity contribution in [1.82, 2.24) is 20.2 Å². The second-order valence-electron chi connectivity index (χ2n) is 6.88. The van der Waals surface area contributed by atoms with Gasteiger partial charge in [0.2, 0.25) is 5.91 Å². The van der Waals surface area contributed by atoms with Crippen molar-refractivity contribution >= 4 is 46.2 Å². The zero-order valence-corrected chi connectivity index (χ0v) is 17.6. The number of hydrogen-bond donors (Lipinski definition) is 2. The van der Waals surface area contributed by atoms with E-state index in [-0.39, 0.29) is 17.7 Å². The number of halogens is 1. The van der Waals surface area contributed by atoms with Crippen LogP contribution in [0.25, 0.3) is 6.08 Å². The number of carbonyl (C=O) groups excluding carboxylic acids is 2. The van der Waals surface area contributed by atoms with Crippen molar-refractivity contribution in [3.63, 3.8) is 0 Å². The Hall–Kier alpha value is -2.52. The lowest BCUT2D eigenvalue weighted by Crippen LogP contribution is -2.51. The molecule has 2 amide bonds. The fraction of sp³-hybridized carbons (Fsp3) is 0.300. The molecule has 0 saturated carbocycles. The first-order chi connectivity index (χ1) is 13.9. The molecule has 1 saturated heterocycles. The molecule has 1 fully saturated rings. The Morgan fingerprint density at radius 2 is 2.17 bits per heavy atom. The number of amides is 2. The lowest BCUT2D eigenvalue weighted by Gasteiger charge is -2.28. The van der Waals surface area contributed by atoms with Gasteiger partial charge in [0, 0.05) is 30.4 Å². The number of nitrogens with one attached hydrogen (secondary N) is 2. The van der Waals surface area contributed by atoms with Gasteiger partial charge in [0.15, 0.2) is 0 Å². The summed E-state index contributed by atoms with van der Waals surface area (Å²) >= 11 is 6.46. The van der Waals surface area contributed by atoms with E-state index in [1.807, 2.05) is 13.8 Å². The molecule has 29 heavy (non-hydrogen) atoms. The average Bonchev–Trinajstić information content (AvgIpc) is 3.27. The van der Waals surface area contributed by atoms with Gasteiger partial charge in [0.25, 0.3) is 5.91 Å². The largest absolute Gasteiger partial charge is 0.354 e. The highest BCUT2D eigenvalue weighted by molar-refractivity contribution is 8.26. The molecular weight excluding hydrogens is 411 g/mol. The number of aromatic amines is 1. The number of thioether (sulfide) groups is 1. The van der Waals surface area contributed by atoms with E-state index in [0.29, 0.717) is 27.8 Å². The number of imidazole rings is 1. The van der Waals surface area contributed by atoms with Gasteiger partial charge in [0.05, 0.1) is 11.2 Å². The highest BCUT2D eigenvalue weighted by atomic mass is 32.2. The molecule has 1 aromatic carbocycles. The summed E-state index contributed by atoms with van der Waals surface area (Å²) in [6, 6.07) is 5.46. The standard InChI is InChI=1S/C20H21FN4O2S2/c1-12(2)17(18(26)23-8-7-14-10-22-11-24-14)25-19(27)16(29-20(25)28)9-13-5-3-4-6-15(13)21/h3-6,9-12,17H,7-8H2,1-2H3,(H,22,24)(H,23,26). The van der Waals surface area contributed by atoms with Crippen LogP contribution in [-0.2, 0) is 16.0 Å². The van der Waals surface area contributed by atoms with Crippen molar-refractivity contribution < 1.29 is 14.0 Å². The molecule has 1 aliphatic rings. The highest BCUT2D eigenvalue weighted by Crippen LogP contribution is 2.35. The molecule has 0 radical (unpaired) electrons. The van der Waals surface area contributed by atoms with Crippen LogP contribution in [0.5, 0.6) is 0 Å². The van der Waals surface area contributed by atoms with Crippen LogP contribution >= 0.6 is 24.0 Å². The van der Waals surface area contributed by atoms with Gasteiger partial charge in [-0.1, -0.05) is 56.0 Å². The van der Waals surface area contributed by atoms with Crippen molar-refractivity contribution in [2.75, 3.05) is 6.54 Å². The number of carbonyl (C=O) groups is 2. The smallest absolute Gasteiger partial charge is 0.266 e. The minimum absolute atomic E-state index is 0.155. The molecule has 2 N–H and O–H groups in total. The van der Waals surface area contributed by atoms with Crippen LogP contribution in [0.1, 0.15) is 25.1 Å². The molecule has 3 rings (SSSR count). The van der Waals surface area contributed by atoms with Crippen LogP contribution in [0.3, 0.4) is 0 Å². The number of hydrogen-bond acceptors (Lipinski definition) is 5. The number of rotatable bonds is 7. The predicted octanol–water partition coefficient (Wildman–Crippen LogP) is 3.13. The maximum absolute atomic E-state index is 14.0. The van der Waals surface area contributed by atoms with Crippen LogP contribution < -0.4 is 5.32 Å². The Balaban J connectivity index is 1.74. The molecule has 1 atom stereocenters. The van der Waals surface area contributed by atoms with Crippen LogP contribution in [0.15, 0.2) is 41.7 Å². The number of benzene rings is 1. The Bertz CT molecular complexity index is 944. The Labute approximate surface area is 178 Å². The van der Waals surface area contributed by atoms with Crippen molar-refractivity contribution in [3.05, 3.63) is 58.8 Å². The minimum Gasteiger partial charge on any atom is -0.354 e. The van der Waals surface area contributed by atoms with E-state index in [2.05, 4.69) is 15.3 Å². The van der Waals surface area contributed by atoms with Gasteiger partial charge in [-0.2, -0.15) is 0 Å². The maximum atomic E-state index is 14.0. The quantitative estimate of drug-likeness (QED) is 0.519. The summed E-state index contributed by atoms with van der Waals surface area (Å²) in [4.78, 5) is 34.4. The molecule has 0 spiro atoms. The first-order valence-corrected chi connectivity index (χ1v) is 10.4. The van der Waals surface area contributed by atoms with Crippen molar-refractivity contribution in [2.24, 2.45) is 5.92 Å². The molecular formula is C20H21FN4O2S2. The third-order valence-electron chi connectivity index (χ3n) is 4.44. The van der Waals surface area contributed by atoms with Gasteiger partial charge in [-0.15, -0.1) is 0 Å². The molecule has 0 aliphatic carbocycles. The Morgan fingerprint density at radius 3 is 2.83 bits per heavy atom. The second-order valence-corrected chi connectivity index (χ2v) is 8.56. The number of nitrogens with zero attached hydrogens (tertiary/aromatic N) is 2. The van der Waals surface area contributed by atoms with Crippen molar-refractivity contribution in [1.29, 1.82) is 0 Å². The molecule has 152 valence electrons. The topological polar surface area (TPSA) is 78.1 Å². The molecule has 6 nitrogen and oxygen atoms in total. The molecule has 1 unspecified atom stereocenters. The summed E-state index contributed by atoms with van der Waals surface area (Å²) in [6.07, 6.45) is 5.35.